The molecule has 1 aliphatic rings. The van der Waals surface area contributed by atoms with Crippen molar-refractivity contribution in [3.63, 3.8) is 0 Å². The number of likely N-dealkylation sites (N-methyl/N-ethyl adjacent to an activating group) is 1. The molecule has 2 N–H and O–H groups in total. The van der Waals surface area contributed by atoms with Crippen LogP contribution in [0.15, 0.2) is 52.1 Å². The van der Waals surface area contributed by atoms with E-state index in [-0.39, 0.29) is 18.2 Å². The number of aromatic nitrogens is 2. The van der Waals surface area contributed by atoms with Crippen molar-refractivity contribution in [3.05, 3.63) is 80.2 Å². The molecule has 0 saturated carbocycles. The smallest absolute Gasteiger partial charge is 0.329 e. The van der Waals surface area contributed by atoms with Crippen LogP contribution in [0, 0.1) is 5.82 Å². The van der Waals surface area contributed by atoms with Gasteiger partial charge in [-0.15, -0.1) is 0 Å². The number of carbonyl (C=O) groups is 1. The van der Waals surface area contributed by atoms with Gasteiger partial charge in [-0.1, -0.05) is 25.1 Å². The first-order chi connectivity index (χ1) is 14.5. The first-order valence-corrected chi connectivity index (χ1v) is 9.99. The molecule has 1 unspecified atom stereocenters. The summed E-state index contributed by atoms with van der Waals surface area (Å²) in [6, 6.07) is 11.0. The second-order valence-electron chi connectivity index (χ2n) is 7.53. The summed E-state index contributed by atoms with van der Waals surface area (Å²) in [7, 11) is 0. The van der Waals surface area contributed by atoms with Crippen LogP contribution in [0.1, 0.15) is 29.3 Å². The van der Waals surface area contributed by atoms with E-state index in [1.54, 1.807) is 24.3 Å². The van der Waals surface area contributed by atoms with E-state index in [4.69, 9.17) is 0 Å². The number of aromatic amines is 1. The second-order valence-corrected chi connectivity index (χ2v) is 7.53. The number of para-hydroxylation sites is 1. The first kappa shape index (κ1) is 20.0. The maximum absolute atomic E-state index is 14.4. The zero-order chi connectivity index (χ0) is 21.3. The number of halogens is 1. The SMILES string of the molecule is CCN1CCC(NC(=O)c2cc(Cn3c(=O)[nH]c(=O)c4ccccc43)ccc2F)C1. The first-order valence-electron chi connectivity index (χ1n) is 9.99. The van der Waals surface area contributed by atoms with Gasteiger partial charge >= 0.3 is 5.69 Å². The molecule has 30 heavy (non-hydrogen) atoms. The monoisotopic (exact) mass is 410 g/mol. The van der Waals surface area contributed by atoms with Gasteiger partial charge in [0, 0.05) is 19.1 Å². The predicted molar refractivity (Wildman–Crippen MR) is 112 cm³/mol. The molecular formula is C22H23FN4O3. The molecule has 3 aromatic rings. The minimum Gasteiger partial charge on any atom is -0.348 e. The Hall–Kier alpha value is -3.26. The number of nitrogens with zero attached hydrogens (tertiary/aromatic N) is 2. The normalized spacial score (nSPS) is 16.8. The lowest BCUT2D eigenvalue weighted by Crippen LogP contribution is -2.37. The number of rotatable bonds is 5. The predicted octanol–water partition coefficient (Wildman–Crippen LogP) is 1.70. The van der Waals surface area contributed by atoms with Crippen LogP contribution in [0.25, 0.3) is 10.9 Å². The van der Waals surface area contributed by atoms with E-state index in [9.17, 15) is 18.8 Å². The highest BCUT2D eigenvalue weighted by molar-refractivity contribution is 5.95. The fraction of sp³-hybridized carbons (Fsp3) is 0.318. The standard InChI is InChI=1S/C22H23FN4O3/c1-2-26-10-9-15(13-26)24-21(29)17-11-14(7-8-18(17)23)12-27-19-6-4-3-5-16(19)20(28)25-22(27)30/h3-8,11,15H,2,9-10,12-13H2,1H3,(H,24,29)(H,25,28,30). The molecule has 1 atom stereocenters. The second kappa shape index (κ2) is 8.23. The van der Waals surface area contributed by atoms with Gasteiger partial charge in [-0.25, -0.2) is 9.18 Å². The van der Waals surface area contributed by atoms with E-state index in [1.165, 1.54) is 22.8 Å². The molecule has 1 aliphatic heterocycles. The molecule has 8 heteroatoms. The number of H-pyrrole nitrogens is 1. The number of amides is 1. The number of fused-ring (bicyclic) bond motifs is 1. The highest BCUT2D eigenvalue weighted by Gasteiger charge is 2.24. The minimum atomic E-state index is -0.611. The van der Waals surface area contributed by atoms with Crippen molar-refractivity contribution in [2.24, 2.45) is 0 Å². The van der Waals surface area contributed by atoms with Crippen LogP contribution in [-0.4, -0.2) is 46.0 Å². The van der Waals surface area contributed by atoms with Crippen LogP contribution in [0.4, 0.5) is 4.39 Å². The van der Waals surface area contributed by atoms with Crippen LogP contribution >= 0.6 is 0 Å². The highest BCUT2D eigenvalue weighted by atomic mass is 19.1. The molecule has 0 spiro atoms. The molecular weight excluding hydrogens is 387 g/mol. The van der Waals surface area contributed by atoms with Crippen molar-refractivity contribution in [1.82, 2.24) is 19.8 Å². The summed E-state index contributed by atoms with van der Waals surface area (Å²) in [6.45, 7) is 4.74. The van der Waals surface area contributed by atoms with Gasteiger partial charge in [0.15, 0.2) is 0 Å². The summed E-state index contributed by atoms with van der Waals surface area (Å²) in [5.74, 6) is -1.07. The third-order valence-electron chi connectivity index (χ3n) is 5.58. The summed E-state index contributed by atoms with van der Waals surface area (Å²) in [4.78, 5) is 41.6. The van der Waals surface area contributed by atoms with Gasteiger partial charge in [0.05, 0.1) is 23.0 Å². The third kappa shape index (κ3) is 3.91. The minimum absolute atomic E-state index is 0.00809. The van der Waals surface area contributed by atoms with Crippen molar-refractivity contribution in [3.8, 4) is 0 Å². The van der Waals surface area contributed by atoms with Gasteiger partial charge in [0.2, 0.25) is 0 Å². The summed E-state index contributed by atoms with van der Waals surface area (Å²) in [6.07, 6.45) is 0.833. The fourth-order valence-corrected chi connectivity index (χ4v) is 3.93. The number of hydrogen-bond acceptors (Lipinski definition) is 4. The Morgan fingerprint density at radius 2 is 2.03 bits per heavy atom. The number of benzene rings is 2. The zero-order valence-corrected chi connectivity index (χ0v) is 16.7. The Labute approximate surface area is 172 Å². The highest BCUT2D eigenvalue weighted by Crippen LogP contribution is 2.15. The van der Waals surface area contributed by atoms with Gasteiger partial charge in [-0.05, 0) is 42.8 Å². The van der Waals surface area contributed by atoms with Crippen LogP contribution in [-0.2, 0) is 6.54 Å². The van der Waals surface area contributed by atoms with E-state index < -0.39 is 23.0 Å². The molecule has 0 radical (unpaired) electrons. The van der Waals surface area contributed by atoms with Crippen molar-refractivity contribution >= 4 is 16.8 Å². The Bertz CT molecular complexity index is 1220. The number of nitrogens with one attached hydrogen (secondary N) is 2. The van der Waals surface area contributed by atoms with Crippen molar-refractivity contribution in [2.45, 2.75) is 25.9 Å². The molecule has 1 fully saturated rings. The molecule has 0 bridgehead atoms. The molecule has 2 heterocycles. The molecule has 0 aliphatic carbocycles. The fourth-order valence-electron chi connectivity index (χ4n) is 3.93. The van der Waals surface area contributed by atoms with E-state index in [0.717, 1.165) is 26.1 Å². The molecule has 1 amide bonds. The van der Waals surface area contributed by atoms with E-state index in [1.807, 2.05) is 0 Å². The molecule has 156 valence electrons. The van der Waals surface area contributed by atoms with E-state index in [0.29, 0.717) is 16.5 Å². The van der Waals surface area contributed by atoms with Gasteiger partial charge in [0.25, 0.3) is 11.5 Å². The lowest BCUT2D eigenvalue weighted by molar-refractivity contribution is 0.0933. The maximum atomic E-state index is 14.4. The summed E-state index contributed by atoms with van der Waals surface area (Å²) < 4.78 is 15.8. The summed E-state index contributed by atoms with van der Waals surface area (Å²) in [5.41, 5.74) is 0.00206. The Morgan fingerprint density at radius 1 is 1.23 bits per heavy atom. The quantitative estimate of drug-likeness (QED) is 0.670. The number of hydrogen-bond donors (Lipinski definition) is 2. The number of carbonyl (C=O) groups excluding carboxylic acids is 1. The van der Waals surface area contributed by atoms with Gasteiger partial charge in [0.1, 0.15) is 5.82 Å². The van der Waals surface area contributed by atoms with E-state index in [2.05, 4.69) is 22.1 Å². The van der Waals surface area contributed by atoms with Crippen LogP contribution in [0.5, 0.6) is 0 Å². The Balaban J connectivity index is 1.62. The molecule has 1 saturated heterocycles. The molecule has 2 aromatic carbocycles. The van der Waals surface area contributed by atoms with Crippen molar-refractivity contribution in [2.75, 3.05) is 19.6 Å². The van der Waals surface area contributed by atoms with Gasteiger partial charge < -0.3 is 10.2 Å². The lowest BCUT2D eigenvalue weighted by atomic mass is 10.1. The summed E-state index contributed by atoms with van der Waals surface area (Å²) in [5, 5.41) is 3.29. The summed E-state index contributed by atoms with van der Waals surface area (Å²) >= 11 is 0. The topological polar surface area (TPSA) is 87.2 Å². The average Bonchev–Trinajstić information content (AvgIpc) is 3.19. The largest absolute Gasteiger partial charge is 0.348 e. The van der Waals surface area contributed by atoms with Crippen LogP contribution in [0.2, 0.25) is 0 Å². The van der Waals surface area contributed by atoms with E-state index >= 15 is 0 Å². The van der Waals surface area contributed by atoms with Crippen molar-refractivity contribution in [1.29, 1.82) is 0 Å². The third-order valence-corrected chi connectivity index (χ3v) is 5.58. The molecule has 1 aromatic heterocycles. The van der Waals surface area contributed by atoms with Gasteiger partial charge in [-0.3, -0.25) is 19.1 Å². The molecule has 4 rings (SSSR count). The average molecular weight is 410 g/mol. The maximum Gasteiger partial charge on any atom is 0.329 e. The van der Waals surface area contributed by atoms with Gasteiger partial charge in [-0.2, -0.15) is 0 Å². The van der Waals surface area contributed by atoms with Crippen LogP contribution in [0.3, 0.4) is 0 Å². The number of likely N-dealkylation sites (tertiary alicyclic amines) is 1. The Kier molecular flexibility index (Phi) is 5.50. The molecule has 7 nitrogen and oxygen atoms in total. The van der Waals surface area contributed by atoms with Crippen molar-refractivity contribution < 1.29 is 9.18 Å². The Morgan fingerprint density at radius 3 is 2.80 bits per heavy atom. The lowest BCUT2D eigenvalue weighted by Gasteiger charge is -2.15. The zero-order valence-electron chi connectivity index (χ0n) is 16.7. The van der Waals surface area contributed by atoms with Crippen LogP contribution < -0.4 is 16.6 Å².